The summed E-state index contributed by atoms with van der Waals surface area (Å²) in [4.78, 5) is 8.20. The summed E-state index contributed by atoms with van der Waals surface area (Å²) >= 11 is 12.2. The van der Waals surface area contributed by atoms with Crippen molar-refractivity contribution in [2.24, 2.45) is 0 Å². The van der Waals surface area contributed by atoms with E-state index in [2.05, 4.69) is 15.3 Å². The monoisotopic (exact) mass is 433 g/mol. The molecular formula is C21H15Cl2F2N3O. The van der Waals surface area contributed by atoms with Gasteiger partial charge in [0.25, 0.3) is 0 Å². The molecule has 2 aromatic heterocycles. The first kappa shape index (κ1) is 19.6. The molecule has 2 heterocycles. The lowest BCUT2D eigenvalue weighted by Crippen LogP contribution is -2.25. The molecule has 4 aromatic rings. The van der Waals surface area contributed by atoms with E-state index in [1.807, 2.05) is 18.2 Å². The molecule has 0 saturated heterocycles. The number of anilines is 1. The summed E-state index contributed by atoms with van der Waals surface area (Å²) in [5.74, 6) is -2.73. The minimum atomic E-state index is -3.16. The third-order valence-corrected chi connectivity index (χ3v) is 4.74. The van der Waals surface area contributed by atoms with Gasteiger partial charge >= 0.3 is 5.92 Å². The molecule has 2 aromatic carbocycles. The summed E-state index contributed by atoms with van der Waals surface area (Å²) in [6.45, 7) is -0.657. The maximum Gasteiger partial charge on any atom is 0.306 e. The fraction of sp³-hybridized carbons (Fsp3) is 0.143. The first-order chi connectivity index (χ1) is 13.9. The van der Waals surface area contributed by atoms with Crippen LogP contribution in [-0.4, -0.2) is 16.5 Å². The third kappa shape index (κ3) is 4.49. The van der Waals surface area contributed by atoms with E-state index in [1.54, 1.807) is 24.3 Å². The van der Waals surface area contributed by atoms with Crippen LogP contribution >= 0.6 is 23.2 Å². The van der Waals surface area contributed by atoms with Gasteiger partial charge in [-0.05, 0) is 35.9 Å². The fourth-order valence-corrected chi connectivity index (χ4v) is 3.37. The Balaban J connectivity index is 1.60. The van der Waals surface area contributed by atoms with E-state index in [9.17, 15) is 8.78 Å². The maximum atomic E-state index is 14.5. The van der Waals surface area contributed by atoms with Crippen molar-refractivity contribution in [3.05, 3.63) is 88.0 Å². The lowest BCUT2D eigenvalue weighted by molar-refractivity contribution is 0.00602. The van der Waals surface area contributed by atoms with Gasteiger partial charge in [0.2, 0.25) is 0 Å². The summed E-state index contributed by atoms with van der Waals surface area (Å²) in [5.41, 5.74) is 1.82. The van der Waals surface area contributed by atoms with Gasteiger partial charge in [0.15, 0.2) is 11.5 Å². The van der Waals surface area contributed by atoms with Crippen molar-refractivity contribution in [1.29, 1.82) is 0 Å². The molecule has 0 bridgehead atoms. The van der Waals surface area contributed by atoms with Crippen LogP contribution in [0.3, 0.4) is 0 Å². The van der Waals surface area contributed by atoms with E-state index >= 15 is 0 Å². The van der Waals surface area contributed by atoms with Crippen LogP contribution in [0.2, 0.25) is 10.0 Å². The number of hydrogen-bond donors (Lipinski definition) is 1. The van der Waals surface area contributed by atoms with Gasteiger partial charge in [-0.25, -0.2) is 4.98 Å². The van der Waals surface area contributed by atoms with Gasteiger partial charge in [-0.3, -0.25) is 4.98 Å². The van der Waals surface area contributed by atoms with E-state index < -0.39 is 12.5 Å². The predicted octanol–water partition coefficient (Wildman–Crippen LogP) is 6.32. The first-order valence-corrected chi connectivity index (χ1v) is 9.53. The van der Waals surface area contributed by atoms with Crippen molar-refractivity contribution < 1.29 is 13.2 Å². The van der Waals surface area contributed by atoms with Crippen molar-refractivity contribution in [3.8, 4) is 0 Å². The van der Waals surface area contributed by atoms with E-state index in [-0.39, 0.29) is 5.69 Å². The van der Waals surface area contributed by atoms with Gasteiger partial charge < -0.3 is 9.73 Å². The number of pyridine rings is 1. The first-order valence-electron chi connectivity index (χ1n) is 8.77. The average Bonchev–Trinajstić information content (AvgIpc) is 3.09. The Morgan fingerprint density at radius 2 is 1.86 bits per heavy atom. The number of alkyl halides is 2. The summed E-state index contributed by atoms with van der Waals surface area (Å²) in [6.07, 6.45) is 1.75. The number of nitrogens with one attached hydrogen (secondary N) is 1. The van der Waals surface area contributed by atoms with Crippen molar-refractivity contribution >= 4 is 40.0 Å². The van der Waals surface area contributed by atoms with Gasteiger partial charge in [-0.2, -0.15) is 8.78 Å². The second-order valence-corrected chi connectivity index (χ2v) is 7.36. The van der Waals surface area contributed by atoms with Gasteiger partial charge in [0.1, 0.15) is 11.2 Å². The molecule has 0 atom stereocenters. The van der Waals surface area contributed by atoms with Crippen molar-refractivity contribution in [2.75, 3.05) is 11.9 Å². The topological polar surface area (TPSA) is 51.0 Å². The summed E-state index contributed by atoms with van der Waals surface area (Å²) in [7, 11) is 0. The number of nitrogens with zero attached hydrogens (tertiary/aromatic N) is 2. The zero-order valence-corrected chi connectivity index (χ0v) is 16.5. The number of hydrogen-bond acceptors (Lipinski definition) is 4. The molecule has 8 heteroatoms. The van der Waals surface area contributed by atoms with E-state index in [4.69, 9.17) is 27.6 Å². The fourth-order valence-electron chi connectivity index (χ4n) is 2.95. The highest BCUT2D eigenvalue weighted by Gasteiger charge is 2.33. The molecule has 0 aliphatic rings. The van der Waals surface area contributed by atoms with Crippen LogP contribution < -0.4 is 5.32 Å². The summed E-state index contributed by atoms with van der Waals surface area (Å²) in [6, 6.07) is 14.9. The SMILES string of the molecule is FC(F)(CNc1cc(Cl)cc2oc(Cc3cccc(Cl)c3)nc12)c1ccccn1. The van der Waals surface area contributed by atoms with E-state index in [1.165, 1.54) is 18.3 Å². The molecule has 0 spiro atoms. The number of aromatic nitrogens is 2. The van der Waals surface area contributed by atoms with Crippen LogP contribution in [0.25, 0.3) is 11.1 Å². The number of oxazole rings is 1. The molecule has 1 N–H and O–H groups in total. The lowest BCUT2D eigenvalue weighted by Gasteiger charge is -2.17. The Bertz CT molecular complexity index is 1150. The van der Waals surface area contributed by atoms with Crippen LogP contribution in [0.4, 0.5) is 14.5 Å². The van der Waals surface area contributed by atoms with Crippen molar-refractivity contribution in [3.63, 3.8) is 0 Å². The number of fused-ring (bicyclic) bond motifs is 1. The molecule has 0 unspecified atom stereocenters. The Morgan fingerprint density at radius 3 is 2.62 bits per heavy atom. The minimum Gasteiger partial charge on any atom is -0.440 e. The van der Waals surface area contributed by atoms with Crippen LogP contribution in [0, 0.1) is 0 Å². The quantitative estimate of drug-likeness (QED) is 0.386. The number of benzene rings is 2. The zero-order valence-electron chi connectivity index (χ0n) is 15.0. The zero-order chi connectivity index (χ0) is 20.4. The van der Waals surface area contributed by atoms with Crippen molar-refractivity contribution in [2.45, 2.75) is 12.3 Å². The Hall–Kier alpha value is -2.70. The molecule has 0 amide bonds. The molecule has 4 rings (SSSR count). The average molecular weight is 434 g/mol. The van der Waals surface area contributed by atoms with E-state index in [0.29, 0.717) is 39.1 Å². The molecular weight excluding hydrogens is 419 g/mol. The molecule has 0 radical (unpaired) electrons. The van der Waals surface area contributed by atoms with Crippen LogP contribution in [0.1, 0.15) is 17.1 Å². The van der Waals surface area contributed by atoms with E-state index in [0.717, 1.165) is 5.56 Å². The maximum absolute atomic E-state index is 14.5. The van der Waals surface area contributed by atoms with Crippen LogP contribution in [0.15, 0.2) is 65.2 Å². The molecule has 0 aliphatic heterocycles. The summed E-state index contributed by atoms with van der Waals surface area (Å²) < 4.78 is 34.7. The molecule has 4 nitrogen and oxygen atoms in total. The largest absolute Gasteiger partial charge is 0.440 e. The highest BCUT2D eigenvalue weighted by atomic mass is 35.5. The standard InChI is InChI=1S/C21H15Cl2F2N3O/c22-14-5-3-4-13(8-14)9-19-28-20-16(10-15(23)11-17(20)29-19)27-12-21(24,25)18-6-1-2-7-26-18/h1-8,10-11,27H,9,12H2. The van der Waals surface area contributed by atoms with Crippen LogP contribution in [-0.2, 0) is 12.3 Å². The number of rotatable bonds is 6. The molecule has 29 heavy (non-hydrogen) atoms. The second-order valence-electron chi connectivity index (χ2n) is 6.49. The van der Waals surface area contributed by atoms with Crippen LogP contribution in [0.5, 0.6) is 0 Å². The smallest absolute Gasteiger partial charge is 0.306 e. The Kier molecular flexibility index (Phi) is 5.39. The normalized spacial score (nSPS) is 11.7. The Morgan fingerprint density at radius 1 is 1.00 bits per heavy atom. The number of halogens is 4. The van der Waals surface area contributed by atoms with Crippen molar-refractivity contribution in [1.82, 2.24) is 9.97 Å². The molecule has 0 saturated carbocycles. The highest BCUT2D eigenvalue weighted by Crippen LogP contribution is 2.32. The molecule has 148 valence electrons. The molecule has 0 aliphatic carbocycles. The predicted molar refractivity (Wildman–Crippen MR) is 110 cm³/mol. The van der Waals surface area contributed by atoms with Gasteiger partial charge in [-0.15, -0.1) is 0 Å². The third-order valence-electron chi connectivity index (χ3n) is 4.29. The lowest BCUT2D eigenvalue weighted by atomic mass is 10.1. The van der Waals surface area contributed by atoms with Gasteiger partial charge in [-0.1, -0.05) is 41.4 Å². The Labute approximate surface area is 175 Å². The van der Waals surface area contributed by atoms with Gasteiger partial charge in [0, 0.05) is 28.7 Å². The molecule has 0 fully saturated rings. The minimum absolute atomic E-state index is 0.312. The highest BCUT2D eigenvalue weighted by molar-refractivity contribution is 6.31. The second kappa shape index (κ2) is 7.97. The van der Waals surface area contributed by atoms with Gasteiger partial charge in [0.05, 0.1) is 12.2 Å². The summed E-state index contributed by atoms with van der Waals surface area (Å²) in [5, 5.41) is 3.70.